The molecular weight excluding hydrogens is 362 g/mol. The summed E-state index contributed by atoms with van der Waals surface area (Å²) in [7, 11) is 1.64. The van der Waals surface area contributed by atoms with Gasteiger partial charge in [0.2, 0.25) is 0 Å². The predicted molar refractivity (Wildman–Crippen MR) is 114 cm³/mol. The van der Waals surface area contributed by atoms with Crippen molar-refractivity contribution >= 4 is 11.7 Å². The lowest BCUT2D eigenvalue weighted by molar-refractivity contribution is 0.102. The molecular formula is C24H21N3O2. The van der Waals surface area contributed by atoms with E-state index in [1.165, 1.54) is 0 Å². The third-order valence-corrected chi connectivity index (χ3v) is 4.52. The summed E-state index contributed by atoms with van der Waals surface area (Å²) >= 11 is 0. The molecule has 0 saturated carbocycles. The number of hydrogen-bond donors (Lipinski definition) is 1. The first-order valence-corrected chi connectivity index (χ1v) is 9.35. The number of hydrogen-bond acceptors (Lipinski definition) is 3. The zero-order chi connectivity index (χ0) is 20.1. The second kappa shape index (κ2) is 8.54. The molecule has 0 aliphatic heterocycles. The Labute approximate surface area is 169 Å². The Morgan fingerprint density at radius 2 is 1.66 bits per heavy atom. The van der Waals surface area contributed by atoms with Gasteiger partial charge in [0.05, 0.1) is 18.0 Å². The molecule has 1 N–H and O–H groups in total. The number of para-hydroxylation sites is 1. The largest absolute Gasteiger partial charge is 0.380 e. The van der Waals surface area contributed by atoms with Gasteiger partial charge in [-0.3, -0.25) is 4.79 Å². The summed E-state index contributed by atoms with van der Waals surface area (Å²) < 4.78 is 6.91. The van der Waals surface area contributed by atoms with Gasteiger partial charge in [-0.25, -0.2) is 4.68 Å². The molecule has 0 saturated heterocycles. The van der Waals surface area contributed by atoms with E-state index >= 15 is 0 Å². The molecule has 3 aromatic carbocycles. The van der Waals surface area contributed by atoms with Gasteiger partial charge in [-0.15, -0.1) is 0 Å². The second-order valence-electron chi connectivity index (χ2n) is 6.62. The molecule has 0 unspecified atom stereocenters. The Kier molecular flexibility index (Phi) is 5.49. The summed E-state index contributed by atoms with van der Waals surface area (Å²) in [6, 6.07) is 28.9. The maximum atomic E-state index is 12.9. The van der Waals surface area contributed by atoms with Crippen molar-refractivity contribution in [3.8, 4) is 16.9 Å². The number of nitrogens with zero attached hydrogens (tertiary/aromatic N) is 2. The van der Waals surface area contributed by atoms with Gasteiger partial charge in [0, 0.05) is 24.3 Å². The van der Waals surface area contributed by atoms with E-state index in [1.807, 2.05) is 84.9 Å². The summed E-state index contributed by atoms with van der Waals surface area (Å²) in [6.07, 6.45) is 0. The molecule has 0 spiro atoms. The maximum absolute atomic E-state index is 12.9. The van der Waals surface area contributed by atoms with Crippen LogP contribution in [0.15, 0.2) is 91.0 Å². The number of carbonyl (C=O) groups is 1. The molecule has 1 amide bonds. The topological polar surface area (TPSA) is 56.1 Å². The fourth-order valence-electron chi connectivity index (χ4n) is 3.14. The summed E-state index contributed by atoms with van der Waals surface area (Å²) in [4.78, 5) is 12.9. The van der Waals surface area contributed by atoms with Gasteiger partial charge in [-0.1, -0.05) is 60.7 Å². The zero-order valence-electron chi connectivity index (χ0n) is 16.1. The van der Waals surface area contributed by atoms with Crippen LogP contribution in [0.2, 0.25) is 0 Å². The van der Waals surface area contributed by atoms with Crippen LogP contribution in [-0.2, 0) is 11.3 Å². The molecule has 0 atom stereocenters. The molecule has 29 heavy (non-hydrogen) atoms. The lowest BCUT2D eigenvalue weighted by atomic mass is 10.1. The molecule has 1 aromatic heterocycles. The molecule has 144 valence electrons. The number of carbonyl (C=O) groups excluding carboxylic acids is 1. The standard InChI is InChI=1S/C24H21N3O2/c1-29-17-18-9-8-12-20(15-18)24(28)25-23-16-22(19-10-4-2-5-11-19)26-27(23)21-13-6-3-7-14-21/h2-16H,17H2,1H3,(H,25,28). The van der Waals surface area contributed by atoms with Crippen LogP contribution in [0.4, 0.5) is 5.82 Å². The number of aromatic nitrogens is 2. The minimum atomic E-state index is -0.195. The van der Waals surface area contributed by atoms with E-state index < -0.39 is 0 Å². The van der Waals surface area contributed by atoms with Crippen LogP contribution in [-0.4, -0.2) is 22.8 Å². The number of ether oxygens (including phenoxy) is 1. The zero-order valence-corrected chi connectivity index (χ0v) is 16.1. The fourth-order valence-corrected chi connectivity index (χ4v) is 3.14. The van der Waals surface area contributed by atoms with Gasteiger partial charge >= 0.3 is 0 Å². The Morgan fingerprint density at radius 3 is 2.38 bits per heavy atom. The first-order chi connectivity index (χ1) is 14.2. The van der Waals surface area contributed by atoms with Crippen LogP contribution in [0.5, 0.6) is 0 Å². The van der Waals surface area contributed by atoms with Gasteiger partial charge in [-0.2, -0.15) is 5.10 Å². The second-order valence-corrected chi connectivity index (χ2v) is 6.62. The molecule has 0 aliphatic carbocycles. The van der Waals surface area contributed by atoms with Gasteiger partial charge < -0.3 is 10.1 Å². The van der Waals surface area contributed by atoms with Crippen molar-refractivity contribution in [1.29, 1.82) is 0 Å². The highest BCUT2D eigenvalue weighted by molar-refractivity contribution is 6.04. The number of rotatable bonds is 6. The maximum Gasteiger partial charge on any atom is 0.256 e. The van der Waals surface area contributed by atoms with E-state index in [1.54, 1.807) is 17.9 Å². The van der Waals surface area contributed by atoms with Crippen LogP contribution in [0.3, 0.4) is 0 Å². The average Bonchev–Trinajstić information content (AvgIpc) is 3.19. The van der Waals surface area contributed by atoms with Gasteiger partial charge in [0.15, 0.2) is 0 Å². The average molecular weight is 383 g/mol. The van der Waals surface area contributed by atoms with Crippen molar-refractivity contribution < 1.29 is 9.53 Å². The summed E-state index contributed by atoms with van der Waals surface area (Å²) in [5, 5.41) is 7.73. The molecule has 4 aromatic rings. The highest BCUT2D eigenvalue weighted by atomic mass is 16.5. The monoisotopic (exact) mass is 383 g/mol. The van der Waals surface area contributed by atoms with Gasteiger partial charge in [0.25, 0.3) is 5.91 Å². The Balaban J connectivity index is 1.69. The SMILES string of the molecule is COCc1cccc(C(=O)Nc2cc(-c3ccccc3)nn2-c2ccccc2)c1. The smallest absolute Gasteiger partial charge is 0.256 e. The molecule has 1 heterocycles. The molecule has 0 bridgehead atoms. The number of anilines is 1. The van der Waals surface area contributed by atoms with Crippen molar-refractivity contribution in [2.45, 2.75) is 6.61 Å². The molecule has 5 nitrogen and oxygen atoms in total. The number of amides is 1. The van der Waals surface area contributed by atoms with Gasteiger partial charge in [-0.05, 0) is 29.8 Å². The van der Waals surface area contributed by atoms with E-state index in [-0.39, 0.29) is 5.91 Å². The Hall–Kier alpha value is -3.70. The van der Waals surface area contributed by atoms with Crippen LogP contribution in [0.1, 0.15) is 15.9 Å². The molecule has 0 radical (unpaired) electrons. The van der Waals surface area contributed by atoms with Crippen LogP contribution < -0.4 is 5.32 Å². The predicted octanol–water partition coefficient (Wildman–Crippen LogP) is 4.94. The first-order valence-electron chi connectivity index (χ1n) is 9.35. The third kappa shape index (κ3) is 4.25. The van der Waals surface area contributed by atoms with Crippen LogP contribution in [0, 0.1) is 0 Å². The number of benzene rings is 3. The molecule has 0 fully saturated rings. The Bertz CT molecular complexity index is 1110. The van der Waals surface area contributed by atoms with E-state index in [4.69, 9.17) is 9.84 Å². The van der Waals surface area contributed by atoms with Gasteiger partial charge in [0.1, 0.15) is 5.82 Å². The highest BCUT2D eigenvalue weighted by Gasteiger charge is 2.15. The van der Waals surface area contributed by atoms with Crippen molar-refractivity contribution in [1.82, 2.24) is 9.78 Å². The van der Waals surface area contributed by atoms with E-state index in [9.17, 15) is 4.79 Å². The fraction of sp³-hybridized carbons (Fsp3) is 0.0833. The van der Waals surface area contributed by atoms with Crippen molar-refractivity contribution in [3.05, 3.63) is 102 Å². The third-order valence-electron chi connectivity index (χ3n) is 4.52. The van der Waals surface area contributed by atoms with Crippen molar-refractivity contribution in [3.63, 3.8) is 0 Å². The van der Waals surface area contributed by atoms with Crippen molar-refractivity contribution in [2.75, 3.05) is 12.4 Å². The summed E-state index contributed by atoms with van der Waals surface area (Å²) in [6.45, 7) is 0.460. The van der Waals surface area contributed by atoms with Crippen LogP contribution in [0.25, 0.3) is 16.9 Å². The van der Waals surface area contributed by atoms with E-state index in [0.717, 1.165) is 22.5 Å². The molecule has 5 heteroatoms. The molecule has 0 aliphatic rings. The minimum absolute atomic E-state index is 0.195. The summed E-state index contributed by atoms with van der Waals surface area (Å²) in [5.74, 6) is 0.414. The number of methoxy groups -OCH3 is 1. The minimum Gasteiger partial charge on any atom is -0.380 e. The normalized spacial score (nSPS) is 10.7. The highest BCUT2D eigenvalue weighted by Crippen LogP contribution is 2.25. The van der Waals surface area contributed by atoms with E-state index in [0.29, 0.717) is 18.0 Å². The quantitative estimate of drug-likeness (QED) is 0.513. The first kappa shape index (κ1) is 18.7. The van der Waals surface area contributed by atoms with Crippen LogP contribution >= 0.6 is 0 Å². The summed E-state index contributed by atoms with van der Waals surface area (Å²) in [5.41, 5.74) is 4.17. The molecule has 4 rings (SSSR count). The number of nitrogens with one attached hydrogen (secondary N) is 1. The van der Waals surface area contributed by atoms with Crippen molar-refractivity contribution in [2.24, 2.45) is 0 Å². The Morgan fingerprint density at radius 1 is 0.931 bits per heavy atom. The lowest BCUT2D eigenvalue weighted by Crippen LogP contribution is -2.15. The lowest BCUT2D eigenvalue weighted by Gasteiger charge is -2.09. The van der Waals surface area contributed by atoms with E-state index in [2.05, 4.69) is 5.32 Å².